The predicted octanol–water partition coefficient (Wildman–Crippen LogP) is 3.14. The van der Waals surface area contributed by atoms with Crippen molar-refractivity contribution in [2.24, 2.45) is 0 Å². The van der Waals surface area contributed by atoms with Crippen molar-refractivity contribution in [3.05, 3.63) is 64.8 Å². The van der Waals surface area contributed by atoms with Crippen LogP contribution in [0.4, 0.5) is 5.82 Å². The Hall–Kier alpha value is -3.30. The van der Waals surface area contributed by atoms with E-state index in [0.29, 0.717) is 25.2 Å². The number of rotatable bonds is 5. The standard InChI is InChI=1S/C26H27N5O3S/c32-24(30-11-10-21-22(15-30)35-25(28-21)17-4-2-1-3-5-17)16-29-13-19-7-8-20(14-29)31(19)23-9-6-18(12-27-23)26(33)34/h1-6,9,12,19-20H,7-8,10-11,13-16H2,(H,33,34). The fourth-order valence-electron chi connectivity index (χ4n) is 5.56. The summed E-state index contributed by atoms with van der Waals surface area (Å²) >= 11 is 1.70. The van der Waals surface area contributed by atoms with Gasteiger partial charge in [-0.1, -0.05) is 30.3 Å². The zero-order valence-corrected chi connectivity index (χ0v) is 20.2. The van der Waals surface area contributed by atoms with Crippen LogP contribution in [-0.2, 0) is 17.8 Å². The van der Waals surface area contributed by atoms with Gasteiger partial charge in [-0.3, -0.25) is 9.69 Å². The molecule has 3 aliphatic rings. The van der Waals surface area contributed by atoms with E-state index < -0.39 is 5.97 Å². The minimum absolute atomic E-state index is 0.182. The number of hydrogen-bond acceptors (Lipinski definition) is 7. The van der Waals surface area contributed by atoms with Gasteiger partial charge in [0.1, 0.15) is 10.8 Å². The highest BCUT2D eigenvalue weighted by Gasteiger charge is 2.41. The van der Waals surface area contributed by atoms with Crippen LogP contribution in [0.5, 0.6) is 0 Å². The largest absolute Gasteiger partial charge is 0.478 e. The van der Waals surface area contributed by atoms with Gasteiger partial charge in [0, 0.05) is 54.8 Å². The molecule has 5 heterocycles. The number of aromatic carboxylic acids is 1. The summed E-state index contributed by atoms with van der Waals surface area (Å²) in [6.07, 6.45) is 4.36. The van der Waals surface area contributed by atoms with E-state index in [2.05, 4.69) is 26.9 Å². The Morgan fingerprint density at radius 1 is 1.06 bits per heavy atom. The molecular weight excluding hydrogens is 462 g/mol. The van der Waals surface area contributed by atoms with Crippen molar-refractivity contribution in [2.75, 3.05) is 31.1 Å². The first kappa shape index (κ1) is 22.2. The quantitative estimate of drug-likeness (QED) is 0.589. The second-order valence-electron chi connectivity index (χ2n) is 9.52. The fraction of sp³-hybridized carbons (Fsp3) is 0.385. The van der Waals surface area contributed by atoms with E-state index in [1.54, 1.807) is 23.5 Å². The monoisotopic (exact) mass is 489 g/mol. The molecule has 2 unspecified atom stereocenters. The van der Waals surface area contributed by atoms with E-state index in [4.69, 9.17) is 10.1 Å². The second kappa shape index (κ2) is 9.05. The number of likely N-dealkylation sites (tertiary alicyclic amines) is 1. The summed E-state index contributed by atoms with van der Waals surface area (Å²) in [5, 5.41) is 10.2. The lowest BCUT2D eigenvalue weighted by Gasteiger charge is -2.42. The number of amides is 1. The van der Waals surface area contributed by atoms with Crippen molar-refractivity contribution in [1.82, 2.24) is 19.8 Å². The Labute approximate surface area is 207 Å². The van der Waals surface area contributed by atoms with E-state index in [0.717, 1.165) is 61.0 Å². The van der Waals surface area contributed by atoms with Gasteiger partial charge >= 0.3 is 5.97 Å². The lowest BCUT2D eigenvalue weighted by atomic mass is 10.1. The van der Waals surface area contributed by atoms with E-state index in [1.807, 2.05) is 23.1 Å². The Kier molecular flexibility index (Phi) is 5.74. The van der Waals surface area contributed by atoms with Crippen molar-refractivity contribution >= 4 is 29.0 Å². The number of benzene rings is 1. The summed E-state index contributed by atoms with van der Waals surface area (Å²) in [6.45, 7) is 3.44. The van der Waals surface area contributed by atoms with Crippen LogP contribution in [0.15, 0.2) is 48.7 Å². The summed E-state index contributed by atoms with van der Waals surface area (Å²) < 4.78 is 0. The topological polar surface area (TPSA) is 89.9 Å². The number of carboxylic acids is 1. The van der Waals surface area contributed by atoms with Crippen LogP contribution in [0.3, 0.4) is 0 Å². The van der Waals surface area contributed by atoms with Gasteiger partial charge in [-0.15, -0.1) is 11.3 Å². The van der Waals surface area contributed by atoms with Crippen LogP contribution in [0.1, 0.15) is 33.8 Å². The number of fused-ring (bicyclic) bond motifs is 3. The van der Waals surface area contributed by atoms with Gasteiger partial charge in [0.25, 0.3) is 0 Å². The number of carboxylic acid groups (broad SMARTS) is 1. The molecule has 35 heavy (non-hydrogen) atoms. The van der Waals surface area contributed by atoms with E-state index in [9.17, 15) is 9.59 Å². The van der Waals surface area contributed by atoms with Crippen molar-refractivity contribution < 1.29 is 14.7 Å². The minimum Gasteiger partial charge on any atom is -0.478 e. The molecule has 1 amide bonds. The zero-order chi connectivity index (χ0) is 23.9. The number of carbonyl (C=O) groups is 2. The highest BCUT2D eigenvalue weighted by molar-refractivity contribution is 7.15. The Morgan fingerprint density at radius 3 is 2.51 bits per heavy atom. The second-order valence-corrected chi connectivity index (χ2v) is 10.6. The molecule has 1 aromatic carbocycles. The molecule has 3 aromatic rings. The maximum Gasteiger partial charge on any atom is 0.337 e. The van der Waals surface area contributed by atoms with Crippen LogP contribution in [0, 0.1) is 0 Å². The number of pyridine rings is 1. The molecule has 2 fully saturated rings. The molecule has 1 N–H and O–H groups in total. The number of thiazole rings is 1. The first-order valence-electron chi connectivity index (χ1n) is 12.1. The third-order valence-electron chi connectivity index (χ3n) is 7.28. The number of carbonyl (C=O) groups excluding carboxylic acids is 1. The summed E-state index contributed by atoms with van der Waals surface area (Å²) in [6, 6.07) is 14.2. The van der Waals surface area contributed by atoms with Gasteiger partial charge in [0.2, 0.25) is 5.91 Å². The van der Waals surface area contributed by atoms with Crippen molar-refractivity contribution in [2.45, 2.75) is 37.9 Å². The van der Waals surface area contributed by atoms with Gasteiger partial charge in [0.05, 0.1) is 24.3 Å². The number of anilines is 1. The molecule has 3 aliphatic heterocycles. The average molecular weight is 490 g/mol. The fourth-order valence-corrected chi connectivity index (χ4v) is 6.69. The first-order chi connectivity index (χ1) is 17.0. The van der Waals surface area contributed by atoms with Gasteiger partial charge in [-0.2, -0.15) is 0 Å². The van der Waals surface area contributed by atoms with Crippen LogP contribution >= 0.6 is 11.3 Å². The molecule has 9 heteroatoms. The van der Waals surface area contributed by atoms with Crippen molar-refractivity contribution in [3.8, 4) is 10.6 Å². The summed E-state index contributed by atoms with van der Waals surface area (Å²) in [5.74, 6) is 0.0494. The van der Waals surface area contributed by atoms with E-state index in [-0.39, 0.29) is 11.5 Å². The molecule has 6 rings (SSSR count). The molecule has 0 saturated carbocycles. The molecule has 2 aromatic heterocycles. The SMILES string of the molecule is O=C(O)c1ccc(N2C3CCC2CN(CC(=O)N2CCc4nc(-c5ccccc5)sc4C2)C3)nc1. The maximum absolute atomic E-state index is 13.2. The van der Waals surface area contributed by atoms with Crippen LogP contribution in [0.25, 0.3) is 10.6 Å². The smallest absolute Gasteiger partial charge is 0.337 e. The minimum atomic E-state index is -0.963. The molecule has 8 nitrogen and oxygen atoms in total. The van der Waals surface area contributed by atoms with Gasteiger partial charge < -0.3 is 14.9 Å². The highest BCUT2D eigenvalue weighted by atomic mass is 32.1. The number of nitrogens with zero attached hydrogens (tertiary/aromatic N) is 5. The molecule has 0 radical (unpaired) electrons. The Balaban J connectivity index is 1.09. The first-order valence-corrected chi connectivity index (χ1v) is 12.9. The maximum atomic E-state index is 13.2. The van der Waals surface area contributed by atoms with Crippen LogP contribution in [0.2, 0.25) is 0 Å². The molecule has 0 spiro atoms. The Bertz CT molecular complexity index is 1230. The van der Waals surface area contributed by atoms with Gasteiger partial charge in [0.15, 0.2) is 0 Å². The lowest BCUT2D eigenvalue weighted by Crippen LogP contribution is -2.56. The molecular formula is C26H27N5O3S. The summed E-state index contributed by atoms with van der Waals surface area (Å²) in [4.78, 5) is 41.4. The number of hydrogen-bond donors (Lipinski definition) is 1. The molecule has 2 saturated heterocycles. The lowest BCUT2D eigenvalue weighted by molar-refractivity contribution is -0.133. The van der Waals surface area contributed by atoms with Crippen LogP contribution < -0.4 is 4.90 Å². The van der Waals surface area contributed by atoms with E-state index >= 15 is 0 Å². The van der Waals surface area contributed by atoms with Gasteiger partial charge in [-0.05, 0) is 25.0 Å². The Morgan fingerprint density at radius 2 is 1.83 bits per heavy atom. The summed E-state index contributed by atoms with van der Waals surface area (Å²) in [5.41, 5.74) is 2.46. The van der Waals surface area contributed by atoms with Crippen molar-refractivity contribution in [1.29, 1.82) is 0 Å². The normalized spacial score (nSPS) is 21.7. The van der Waals surface area contributed by atoms with E-state index in [1.165, 1.54) is 11.1 Å². The summed E-state index contributed by atoms with van der Waals surface area (Å²) in [7, 11) is 0. The number of piperazine rings is 1. The molecule has 0 aliphatic carbocycles. The zero-order valence-electron chi connectivity index (χ0n) is 19.3. The third kappa shape index (κ3) is 4.30. The molecule has 180 valence electrons. The third-order valence-corrected chi connectivity index (χ3v) is 8.41. The highest BCUT2D eigenvalue weighted by Crippen LogP contribution is 2.35. The molecule has 2 bridgehead atoms. The predicted molar refractivity (Wildman–Crippen MR) is 134 cm³/mol. The average Bonchev–Trinajstić information content (AvgIpc) is 3.42. The molecule has 2 atom stereocenters. The van der Waals surface area contributed by atoms with Crippen LogP contribution in [-0.4, -0.2) is 75.0 Å². The van der Waals surface area contributed by atoms with Crippen molar-refractivity contribution in [3.63, 3.8) is 0 Å². The van der Waals surface area contributed by atoms with Gasteiger partial charge in [-0.25, -0.2) is 14.8 Å². The number of aromatic nitrogens is 2.